The molecular formula is C9H9F5N2O. The molecule has 1 aromatic rings. The Balaban J connectivity index is 3.27. The number of halogens is 5. The van der Waals surface area contributed by atoms with Crippen molar-refractivity contribution < 1.29 is 26.7 Å². The Morgan fingerprint density at radius 1 is 1.41 bits per heavy atom. The summed E-state index contributed by atoms with van der Waals surface area (Å²) in [5.41, 5.74) is 4.40. The molecule has 2 N–H and O–H groups in total. The van der Waals surface area contributed by atoms with E-state index in [4.69, 9.17) is 5.73 Å². The van der Waals surface area contributed by atoms with Gasteiger partial charge in [0, 0.05) is 6.54 Å². The second-order valence-electron chi connectivity index (χ2n) is 3.16. The molecule has 0 amide bonds. The van der Waals surface area contributed by atoms with E-state index in [1.54, 1.807) is 0 Å². The van der Waals surface area contributed by atoms with E-state index in [9.17, 15) is 22.0 Å². The van der Waals surface area contributed by atoms with Gasteiger partial charge in [0.1, 0.15) is 0 Å². The predicted octanol–water partition coefficient (Wildman–Crippen LogP) is 2.68. The number of pyridine rings is 1. The van der Waals surface area contributed by atoms with Crippen LogP contribution in [0.15, 0.2) is 6.20 Å². The summed E-state index contributed by atoms with van der Waals surface area (Å²) >= 11 is 0. The summed E-state index contributed by atoms with van der Waals surface area (Å²) in [4.78, 5) is 3.54. The zero-order valence-electron chi connectivity index (χ0n) is 8.68. The van der Waals surface area contributed by atoms with Crippen molar-refractivity contribution in [1.82, 2.24) is 4.98 Å². The van der Waals surface area contributed by atoms with E-state index in [-0.39, 0.29) is 17.8 Å². The third kappa shape index (κ3) is 3.26. The van der Waals surface area contributed by atoms with Crippen LogP contribution in [0.1, 0.15) is 23.2 Å². The van der Waals surface area contributed by atoms with E-state index < -0.39 is 24.1 Å². The summed E-state index contributed by atoms with van der Waals surface area (Å²) in [5.74, 6) is -0.998. The van der Waals surface area contributed by atoms with Crippen molar-refractivity contribution in [2.45, 2.75) is 26.3 Å². The first-order valence-corrected chi connectivity index (χ1v) is 4.48. The van der Waals surface area contributed by atoms with Crippen molar-refractivity contribution in [2.75, 3.05) is 0 Å². The van der Waals surface area contributed by atoms with Gasteiger partial charge in [0.2, 0.25) is 0 Å². The minimum absolute atomic E-state index is 0.0933. The van der Waals surface area contributed by atoms with Crippen molar-refractivity contribution in [2.24, 2.45) is 5.73 Å². The molecule has 0 radical (unpaired) electrons. The average molecular weight is 256 g/mol. The summed E-state index contributed by atoms with van der Waals surface area (Å²) in [6.07, 6.45) is -7.53. The van der Waals surface area contributed by atoms with Gasteiger partial charge in [-0.1, -0.05) is 0 Å². The number of alkyl halides is 5. The van der Waals surface area contributed by atoms with E-state index in [1.165, 1.54) is 6.92 Å². The van der Waals surface area contributed by atoms with Crippen molar-refractivity contribution in [3.05, 3.63) is 23.0 Å². The van der Waals surface area contributed by atoms with Gasteiger partial charge in [0.25, 0.3) is 6.43 Å². The largest absolute Gasteiger partial charge is 0.573 e. The quantitative estimate of drug-likeness (QED) is 0.846. The molecule has 0 atom stereocenters. The molecule has 3 nitrogen and oxygen atoms in total. The lowest BCUT2D eigenvalue weighted by Gasteiger charge is -2.16. The smallest absolute Gasteiger partial charge is 0.404 e. The van der Waals surface area contributed by atoms with Crippen LogP contribution in [-0.4, -0.2) is 11.3 Å². The van der Waals surface area contributed by atoms with Gasteiger partial charge in [-0.2, -0.15) is 0 Å². The van der Waals surface area contributed by atoms with Crippen LogP contribution in [0, 0.1) is 6.92 Å². The minimum atomic E-state index is -5.04. The molecule has 0 saturated heterocycles. The second-order valence-corrected chi connectivity index (χ2v) is 3.16. The standard InChI is InChI=1S/C9H9F5N2O/c1-4-5(2-15)16-3-6(7(4)8(10)11)17-9(12,13)14/h3,8H,2,15H2,1H3. The Kier molecular flexibility index (Phi) is 3.87. The van der Waals surface area contributed by atoms with E-state index in [0.717, 1.165) is 0 Å². The highest BCUT2D eigenvalue weighted by molar-refractivity contribution is 5.41. The molecule has 1 heterocycles. The number of hydrogen-bond donors (Lipinski definition) is 1. The lowest BCUT2D eigenvalue weighted by atomic mass is 10.1. The zero-order valence-corrected chi connectivity index (χ0v) is 8.68. The molecular weight excluding hydrogens is 247 g/mol. The van der Waals surface area contributed by atoms with E-state index in [1.807, 2.05) is 0 Å². The molecule has 0 spiro atoms. The van der Waals surface area contributed by atoms with Crippen molar-refractivity contribution >= 4 is 0 Å². The minimum Gasteiger partial charge on any atom is -0.404 e. The topological polar surface area (TPSA) is 48.1 Å². The molecule has 0 aliphatic carbocycles. The van der Waals surface area contributed by atoms with Gasteiger partial charge in [-0.25, -0.2) is 8.78 Å². The Morgan fingerprint density at radius 3 is 2.41 bits per heavy atom. The monoisotopic (exact) mass is 256 g/mol. The lowest BCUT2D eigenvalue weighted by molar-refractivity contribution is -0.275. The lowest BCUT2D eigenvalue weighted by Crippen LogP contribution is -2.19. The maximum atomic E-state index is 12.7. The van der Waals surface area contributed by atoms with Crippen LogP contribution in [0.4, 0.5) is 22.0 Å². The molecule has 0 unspecified atom stereocenters. The first kappa shape index (κ1) is 13.6. The molecule has 17 heavy (non-hydrogen) atoms. The zero-order chi connectivity index (χ0) is 13.2. The first-order valence-electron chi connectivity index (χ1n) is 4.48. The number of nitrogens with two attached hydrogens (primary N) is 1. The fourth-order valence-corrected chi connectivity index (χ4v) is 1.33. The van der Waals surface area contributed by atoms with Gasteiger partial charge in [-0.15, -0.1) is 13.2 Å². The molecule has 1 aromatic heterocycles. The summed E-state index contributed by atoms with van der Waals surface area (Å²) < 4.78 is 64.8. The fourth-order valence-electron chi connectivity index (χ4n) is 1.33. The third-order valence-electron chi connectivity index (χ3n) is 2.08. The predicted molar refractivity (Wildman–Crippen MR) is 48.5 cm³/mol. The van der Waals surface area contributed by atoms with Crippen LogP contribution in [0.5, 0.6) is 5.75 Å². The molecule has 0 aromatic carbocycles. The summed E-state index contributed by atoms with van der Waals surface area (Å²) in [5, 5.41) is 0. The number of nitrogens with zero attached hydrogens (tertiary/aromatic N) is 1. The second kappa shape index (κ2) is 4.82. The van der Waals surface area contributed by atoms with Crippen LogP contribution in [-0.2, 0) is 6.54 Å². The Hall–Kier alpha value is -1.44. The number of ether oxygens (including phenoxy) is 1. The average Bonchev–Trinajstić information content (AvgIpc) is 2.14. The van der Waals surface area contributed by atoms with E-state index >= 15 is 0 Å². The van der Waals surface area contributed by atoms with Crippen LogP contribution in [0.25, 0.3) is 0 Å². The molecule has 0 saturated carbocycles. The molecule has 0 aliphatic rings. The van der Waals surface area contributed by atoms with Crippen molar-refractivity contribution in [3.63, 3.8) is 0 Å². The van der Waals surface area contributed by atoms with Gasteiger partial charge in [-0.3, -0.25) is 4.98 Å². The molecule has 8 heteroatoms. The number of rotatable bonds is 3. The normalized spacial score (nSPS) is 12.0. The maximum Gasteiger partial charge on any atom is 0.573 e. The fraction of sp³-hybridized carbons (Fsp3) is 0.444. The third-order valence-corrected chi connectivity index (χ3v) is 2.08. The van der Waals surface area contributed by atoms with Gasteiger partial charge < -0.3 is 10.5 Å². The Labute approximate surface area is 93.4 Å². The van der Waals surface area contributed by atoms with Crippen molar-refractivity contribution in [3.8, 4) is 5.75 Å². The van der Waals surface area contributed by atoms with E-state index in [0.29, 0.717) is 6.20 Å². The Bertz CT molecular complexity index is 405. The molecule has 0 fully saturated rings. The van der Waals surface area contributed by atoms with Gasteiger partial charge >= 0.3 is 6.36 Å². The summed E-state index contributed by atoms with van der Waals surface area (Å²) in [7, 11) is 0. The summed E-state index contributed by atoms with van der Waals surface area (Å²) in [6, 6.07) is 0. The molecule has 1 rings (SSSR count). The molecule has 0 aliphatic heterocycles. The van der Waals surface area contributed by atoms with Crippen LogP contribution >= 0.6 is 0 Å². The van der Waals surface area contributed by atoms with Crippen LogP contribution in [0.2, 0.25) is 0 Å². The number of aromatic nitrogens is 1. The SMILES string of the molecule is Cc1c(CN)ncc(OC(F)(F)F)c1C(F)F. The van der Waals surface area contributed by atoms with Crippen molar-refractivity contribution in [1.29, 1.82) is 0 Å². The van der Waals surface area contributed by atoms with Gasteiger partial charge in [0.15, 0.2) is 5.75 Å². The molecule has 96 valence electrons. The first-order chi connectivity index (χ1) is 7.76. The maximum absolute atomic E-state index is 12.7. The molecule has 0 bridgehead atoms. The summed E-state index contributed by atoms with van der Waals surface area (Å²) in [6.45, 7) is 1.08. The Morgan fingerprint density at radius 2 is 2.00 bits per heavy atom. The highest BCUT2D eigenvalue weighted by Gasteiger charge is 2.34. The highest BCUT2D eigenvalue weighted by atomic mass is 19.4. The highest BCUT2D eigenvalue weighted by Crippen LogP contribution is 2.35. The van der Waals surface area contributed by atoms with Gasteiger partial charge in [-0.05, 0) is 12.5 Å². The van der Waals surface area contributed by atoms with Crippen LogP contribution < -0.4 is 10.5 Å². The van der Waals surface area contributed by atoms with Gasteiger partial charge in [0.05, 0.1) is 17.5 Å². The number of hydrogen-bond acceptors (Lipinski definition) is 3. The van der Waals surface area contributed by atoms with Crippen LogP contribution in [0.3, 0.4) is 0 Å². The van der Waals surface area contributed by atoms with E-state index in [2.05, 4.69) is 9.72 Å².